The second-order valence-corrected chi connectivity index (χ2v) is 5.56. The summed E-state index contributed by atoms with van der Waals surface area (Å²) in [7, 11) is 0. The summed E-state index contributed by atoms with van der Waals surface area (Å²) >= 11 is 9.43. The molecular weight excluding hydrogens is 328 g/mol. The van der Waals surface area contributed by atoms with Crippen molar-refractivity contribution in [3.8, 4) is 5.69 Å². The fourth-order valence-corrected chi connectivity index (χ4v) is 2.43. The third kappa shape index (κ3) is 2.83. The van der Waals surface area contributed by atoms with Crippen LogP contribution in [0.15, 0.2) is 22.7 Å². The summed E-state index contributed by atoms with van der Waals surface area (Å²) in [6.45, 7) is 4.12. The van der Waals surface area contributed by atoms with E-state index in [2.05, 4.69) is 33.2 Å². The number of nitrogens with two attached hydrogens (primary N) is 1. The van der Waals surface area contributed by atoms with Crippen molar-refractivity contribution in [2.24, 2.45) is 5.73 Å². The molecule has 6 heteroatoms. The predicted octanol–water partition coefficient (Wildman–Crippen LogP) is 3.66. The lowest BCUT2D eigenvalue weighted by atomic mass is 10.1. The van der Waals surface area contributed by atoms with Crippen molar-refractivity contribution >= 4 is 27.5 Å². The molecular formula is C13H16BrClN4. The van der Waals surface area contributed by atoms with Gasteiger partial charge in [-0.25, -0.2) is 4.68 Å². The number of hydrogen-bond acceptors (Lipinski definition) is 3. The van der Waals surface area contributed by atoms with E-state index >= 15 is 0 Å². The number of benzene rings is 1. The van der Waals surface area contributed by atoms with E-state index in [-0.39, 0.29) is 6.04 Å². The molecule has 19 heavy (non-hydrogen) atoms. The van der Waals surface area contributed by atoms with E-state index in [1.165, 1.54) is 0 Å². The Morgan fingerprint density at radius 3 is 2.74 bits per heavy atom. The highest BCUT2D eigenvalue weighted by atomic mass is 79.9. The number of rotatable bonds is 4. The van der Waals surface area contributed by atoms with E-state index < -0.39 is 0 Å². The van der Waals surface area contributed by atoms with Gasteiger partial charge >= 0.3 is 0 Å². The number of aromatic nitrogens is 3. The lowest BCUT2D eigenvalue weighted by Gasteiger charge is -2.10. The lowest BCUT2D eigenvalue weighted by molar-refractivity contribution is 0.665. The molecule has 0 aliphatic rings. The molecule has 2 aromatic rings. The van der Waals surface area contributed by atoms with E-state index in [0.29, 0.717) is 5.02 Å². The normalized spacial score (nSPS) is 12.7. The van der Waals surface area contributed by atoms with Gasteiger partial charge in [-0.3, -0.25) is 0 Å². The minimum Gasteiger partial charge on any atom is -0.323 e. The lowest BCUT2D eigenvalue weighted by Crippen LogP contribution is -2.12. The van der Waals surface area contributed by atoms with Crippen LogP contribution in [-0.2, 0) is 6.42 Å². The number of hydrogen-bond donors (Lipinski definition) is 1. The largest absolute Gasteiger partial charge is 0.323 e. The second kappa shape index (κ2) is 6.03. The van der Waals surface area contributed by atoms with Crippen LogP contribution in [0.1, 0.15) is 37.7 Å². The summed E-state index contributed by atoms with van der Waals surface area (Å²) in [4.78, 5) is 0. The minimum atomic E-state index is -0.0700. The van der Waals surface area contributed by atoms with Gasteiger partial charge in [0.1, 0.15) is 5.69 Å². The monoisotopic (exact) mass is 342 g/mol. The molecule has 1 atom stereocenters. The van der Waals surface area contributed by atoms with Crippen molar-refractivity contribution in [2.75, 3.05) is 0 Å². The van der Waals surface area contributed by atoms with Crippen molar-refractivity contribution in [1.29, 1.82) is 0 Å². The maximum Gasteiger partial charge on any atom is 0.103 e. The summed E-state index contributed by atoms with van der Waals surface area (Å²) in [5, 5.41) is 9.12. The Hall–Kier alpha value is -0.910. The van der Waals surface area contributed by atoms with Crippen LogP contribution < -0.4 is 5.73 Å². The van der Waals surface area contributed by atoms with Crippen LogP contribution in [0.2, 0.25) is 5.02 Å². The van der Waals surface area contributed by atoms with E-state index in [9.17, 15) is 0 Å². The van der Waals surface area contributed by atoms with Crippen LogP contribution in [0.4, 0.5) is 0 Å². The van der Waals surface area contributed by atoms with E-state index in [1.807, 2.05) is 29.8 Å². The Kier molecular flexibility index (Phi) is 4.60. The van der Waals surface area contributed by atoms with Gasteiger partial charge < -0.3 is 5.73 Å². The van der Waals surface area contributed by atoms with Gasteiger partial charge in [-0.05, 0) is 47.0 Å². The van der Waals surface area contributed by atoms with Crippen LogP contribution in [0.5, 0.6) is 0 Å². The summed E-state index contributed by atoms with van der Waals surface area (Å²) in [6, 6.07) is 5.61. The molecule has 4 nitrogen and oxygen atoms in total. The zero-order valence-electron chi connectivity index (χ0n) is 10.9. The van der Waals surface area contributed by atoms with Crippen molar-refractivity contribution in [1.82, 2.24) is 15.0 Å². The Labute approximate surface area is 126 Å². The highest BCUT2D eigenvalue weighted by molar-refractivity contribution is 9.10. The summed E-state index contributed by atoms with van der Waals surface area (Å²) in [5.41, 5.74) is 8.91. The van der Waals surface area contributed by atoms with Gasteiger partial charge in [-0.1, -0.05) is 30.7 Å². The fraction of sp³-hybridized carbons (Fsp3) is 0.385. The molecule has 102 valence electrons. The quantitative estimate of drug-likeness (QED) is 0.921. The Balaban J connectivity index is 2.50. The van der Waals surface area contributed by atoms with E-state index in [0.717, 1.165) is 34.4 Å². The molecule has 0 fully saturated rings. The van der Waals surface area contributed by atoms with Gasteiger partial charge in [0.2, 0.25) is 0 Å². The topological polar surface area (TPSA) is 56.7 Å². The van der Waals surface area contributed by atoms with Gasteiger partial charge in [0.15, 0.2) is 0 Å². The van der Waals surface area contributed by atoms with E-state index in [1.54, 1.807) is 0 Å². The number of halogens is 2. The summed E-state index contributed by atoms with van der Waals surface area (Å²) in [5.74, 6) is 0. The van der Waals surface area contributed by atoms with Gasteiger partial charge in [0.05, 0.1) is 22.4 Å². The number of nitrogens with zero attached hydrogens (tertiary/aromatic N) is 3. The fourth-order valence-electron chi connectivity index (χ4n) is 1.95. The van der Waals surface area contributed by atoms with Crippen molar-refractivity contribution < 1.29 is 0 Å². The molecule has 1 aromatic heterocycles. The van der Waals surface area contributed by atoms with Crippen LogP contribution in [0, 0.1) is 0 Å². The molecule has 0 spiro atoms. The molecule has 0 aliphatic heterocycles. The van der Waals surface area contributed by atoms with Crippen molar-refractivity contribution in [3.05, 3.63) is 39.1 Å². The molecule has 0 saturated heterocycles. The molecule has 0 bridgehead atoms. The first-order valence-corrected chi connectivity index (χ1v) is 7.41. The SMILES string of the molecule is CCc1c(C(N)CC)nnn1-c1ccc(Cl)c(Br)c1. The third-order valence-electron chi connectivity index (χ3n) is 3.07. The molecule has 2 N–H and O–H groups in total. The van der Waals surface area contributed by atoms with Crippen LogP contribution in [0.3, 0.4) is 0 Å². The first kappa shape index (κ1) is 14.5. The molecule has 1 unspecified atom stereocenters. The molecule has 2 rings (SSSR count). The molecule has 1 heterocycles. The summed E-state index contributed by atoms with van der Waals surface area (Å²) < 4.78 is 2.66. The van der Waals surface area contributed by atoms with Crippen LogP contribution >= 0.6 is 27.5 Å². The van der Waals surface area contributed by atoms with E-state index in [4.69, 9.17) is 17.3 Å². The maximum absolute atomic E-state index is 6.07. The first-order chi connectivity index (χ1) is 9.08. The molecule has 1 aromatic carbocycles. The van der Waals surface area contributed by atoms with Gasteiger partial charge in [0, 0.05) is 4.47 Å². The Morgan fingerprint density at radius 1 is 1.42 bits per heavy atom. The maximum atomic E-state index is 6.07. The van der Waals surface area contributed by atoms with Crippen LogP contribution in [-0.4, -0.2) is 15.0 Å². The average Bonchev–Trinajstić information content (AvgIpc) is 2.84. The average molecular weight is 344 g/mol. The van der Waals surface area contributed by atoms with Crippen LogP contribution in [0.25, 0.3) is 5.69 Å². The molecule has 0 saturated carbocycles. The predicted molar refractivity (Wildman–Crippen MR) is 80.7 cm³/mol. The van der Waals surface area contributed by atoms with Gasteiger partial charge in [0.25, 0.3) is 0 Å². The second-order valence-electron chi connectivity index (χ2n) is 4.30. The summed E-state index contributed by atoms with van der Waals surface area (Å²) in [6.07, 6.45) is 1.67. The minimum absolute atomic E-state index is 0.0700. The Morgan fingerprint density at radius 2 is 2.16 bits per heavy atom. The molecule has 0 amide bonds. The van der Waals surface area contributed by atoms with Crippen molar-refractivity contribution in [2.45, 2.75) is 32.7 Å². The first-order valence-electron chi connectivity index (χ1n) is 6.23. The zero-order valence-corrected chi connectivity index (χ0v) is 13.2. The highest BCUT2D eigenvalue weighted by Gasteiger charge is 2.17. The Bertz CT molecular complexity index is 582. The van der Waals surface area contributed by atoms with Gasteiger partial charge in [-0.15, -0.1) is 5.10 Å². The van der Waals surface area contributed by atoms with Crippen molar-refractivity contribution in [3.63, 3.8) is 0 Å². The highest BCUT2D eigenvalue weighted by Crippen LogP contribution is 2.26. The third-order valence-corrected chi connectivity index (χ3v) is 4.28. The van der Waals surface area contributed by atoms with Gasteiger partial charge in [-0.2, -0.15) is 0 Å². The smallest absolute Gasteiger partial charge is 0.103 e. The molecule has 0 radical (unpaired) electrons. The molecule has 0 aliphatic carbocycles. The zero-order chi connectivity index (χ0) is 14.0. The standard InChI is InChI=1S/C13H16BrClN4/c1-3-11(16)13-12(4-2)19(18-17-13)8-5-6-10(15)9(14)7-8/h5-7,11H,3-4,16H2,1-2H3.